The van der Waals surface area contributed by atoms with E-state index in [2.05, 4.69) is 4.98 Å². The number of anilines is 1. The van der Waals surface area contributed by atoms with E-state index in [1.54, 1.807) is 0 Å². The molecular formula is C6H6N2O3. The molecule has 0 radical (unpaired) electrons. The standard InChI is InChI=1S/C6H6N2O3/c7-3-1-2-4(6(10)11)8-5(3)9/h1-2H,7H2,(H,8,9)(H,10,11). The molecule has 0 aromatic carbocycles. The molecule has 0 saturated carbocycles. The average Bonchev–Trinajstić information content (AvgIpc) is 1.94. The number of carbonyl (C=O) groups is 1. The van der Waals surface area contributed by atoms with Crippen LogP contribution in [-0.2, 0) is 0 Å². The molecule has 0 unspecified atom stereocenters. The minimum Gasteiger partial charge on any atom is -0.477 e. The Morgan fingerprint density at radius 2 is 2.18 bits per heavy atom. The zero-order chi connectivity index (χ0) is 8.43. The second-order valence-corrected chi connectivity index (χ2v) is 1.96. The van der Waals surface area contributed by atoms with Crippen LogP contribution in [0.2, 0.25) is 0 Å². The third kappa shape index (κ3) is 1.37. The van der Waals surface area contributed by atoms with E-state index in [1.165, 1.54) is 12.1 Å². The lowest BCUT2D eigenvalue weighted by atomic mass is 10.3. The number of hydrogen-bond donors (Lipinski definition) is 3. The van der Waals surface area contributed by atoms with Crippen LogP contribution in [0.15, 0.2) is 16.9 Å². The van der Waals surface area contributed by atoms with Gasteiger partial charge in [0.1, 0.15) is 5.69 Å². The SMILES string of the molecule is Nc1ccc(C(=O)O)[nH]c1=O. The lowest BCUT2D eigenvalue weighted by Crippen LogP contribution is -2.15. The van der Waals surface area contributed by atoms with Crippen LogP contribution in [0.4, 0.5) is 5.69 Å². The summed E-state index contributed by atoms with van der Waals surface area (Å²) >= 11 is 0. The minimum absolute atomic E-state index is 0.00926. The summed E-state index contributed by atoms with van der Waals surface area (Å²) in [6.07, 6.45) is 0. The van der Waals surface area contributed by atoms with Gasteiger partial charge in [-0.25, -0.2) is 4.79 Å². The highest BCUT2D eigenvalue weighted by Crippen LogP contribution is 1.94. The number of nitrogens with one attached hydrogen (secondary N) is 1. The fourth-order valence-corrected chi connectivity index (χ4v) is 0.610. The maximum absolute atomic E-state index is 10.7. The van der Waals surface area contributed by atoms with Gasteiger partial charge in [0.15, 0.2) is 0 Å². The van der Waals surface area contributed by atoms with Gasteiger partial charge in [0.25, 0.3) is 5.56 Å². The monoisotopic (exact) mass is 154 g/mol. The van der Waals surface area contributed by atoms with Crippen molar-refractivity contribution in [2.24, 2.45) is 0 Å². The number of aromatic nitrogens is 1. The van der Waals surface area contributed by atoms with Crippen molar-refractivity contribution in [1.82, 2.24) is 4.98 Å². The number of hydrogen-bond acceptors (Lipinski definition) is 3. The van der Waals surface area contributed by atoms with Crippen molar-refractivity contribution in [3.63, 3.8) is 0 Å². The Bertz CT molecular complexity index is 342. The molecule has 1 heterocycles. The Labute approximate surface area is 61.5 Å². The molecule has 1 aromatic heterocycles. The van der Waals surface area contributed by atoms with E-state index in [9.17, 15) is 9.59 Å². The molecule has 4 N–H and O–H groups in total. The van der Waals surface area contributed by atoms with Crippen molar-refractivity contribution in [3.05, 3.63) is 28.2 Å². The number of carboxylic acids is 1. The van der Waals surface area contributed by atoms with Crippen molar-refractivity contribution < 1.29 is 9.90 Å². The number of H-pyrrole nitrogens is 1. The summed E-state index contributed by atoms with van der Waals surface area (Å²) in [5, 5.41) is 8.39. The molecule has 5 nitrogen and oxygen atoms in total. The van der Waals surface area contributed by atoms with Crippen LogP contribution in [0.25, 0.3) is 0 Å². The van der Waals surface area contributed by atoms with Crippen molar-refractivity contribution in [1.29, 1.82) is 0 Å². The van der Waals surface area contributed by atoms with Gasteiger partial charge >= 0.3 is 5.97 Å². The Morgan fingerprint density at radius 3 is 2.64 bits per heavy atom. The zero-order valence-electron chi connectivity index (χ0n) is 5.50. The van der Waals surface area contributed by atoms with Gasteiger partial charge in [-0.15, -0.1) is 0 Å². The fourth-order valence-electron chi connectivity index (χ4n) is 0.610. The van der Waals surface area contributed by atoms with Crippen LogP contribution in [-0.4, -0.2) is 16.1 Å². The van der Waals surface area contributed by atoms with E-state index in [4.69, 9.17) is 10.8 Å². The van der Waals surface area contributed by atoms with Crippen molar-refractivity contribution >= 4 is 11.7 Å². The zero-order valence-corrected chi connectivity index (χ0v) is 5.50. The van der Waals surface area contributed by atoms with Crippen molar-refractivity contribution in [3.8, 4) is 0 Å². The number of rotatable bonds is 1. The summed E-state index contributed by atoms with van der Waals surface area (Å²) in [6, 6.07) is 2.49. The van der Waals surface area contributed by atoms with E-state index < -0.39 is 11.5 Å². The molecule has 1 aromatic rings. The van der Waals surface area contributed by atoms with Gasteiger partial charge in [-0.1, -0.05) is 0 Å². The number of pyridine rings is 1. The average molecular weight is 154 g/mol. The molecule has 11 heavy (non-hydrogen) atoms. The summed E-state index contributed by atoms with van der Waals surface area (Å²) in [7, 11) is 0. The van der Waals surface area contributed by atoms with Gasteiger partial charge in [-0.2, -0.15) is 0 Å². The Hall–Kier alpha value is -1.78. The van der Waals surface area contributed by atoms with Gasteiger partial charge < -0.3 is 15.8 Å². The normalized spacial score (nSPS) is 9.45. The molecule has 1 rings (SSSR count). The Morgan fingerprint density at radius 1 is 1.55 bits per heavy atom. The van der Waals surface area contributed by atoms with E-state index in [1.807, 2.05) is 0 Å². The first-order valence-electron chi connectivity index (χ1n) is 2.83. The van der Waals surface area contributed by atoms with E-state index in [0.717, 1.165) is 0 Å². The first kappa shape index (κ1) is 7.33. The third-order valence-electron chi connectivity index (χ3n) is 1.17. The lowest BCUT2D eigenvalue weighted by Gasteiger charge is -1.93. The maximum atomic E-state index is 10.7. The molecule has 0 saturated heterocycles. The largest absolute Gasteiger partial charge is 0.477 e. The van der Waals surface area contributed by atoms with Crippen LogP contribution < -0.4 is 11.3 Å². The summed E-state index contributed by atoms with van der Waals surface area (Å²) in [5.74, 6) is -1.18. The molecule has 0 atom stereocenters. The van der Waals surface area contributed by atoms with Gasteiger partial charge in [-0.05, 0) is 12.1 Å². The molecular weight excluding hydrogens is 148 g/mol. The topological polar surface area (TPSA) is 96.2 Å². The van der Waals surface area contributed by atoms with Crippen molar-refractivity contribution in [2.75, 3.05) is 5.73 Å². The molecule has 0 bridgehead atoms. The second kappa shape index (κ2) is 2.45. The molecule has 0 aliphatic carbocycles. The summed E-state index contributed by atoms with van der Waals surface area (Å²) in [5.41, 5.74) is 4.42. The van der Waals surface area contributed by atoms with Crippen LogP contribution in [0.1, 0.15) is 10.5 Å². The highest BCUT2D eigenvalue weighted by molar-refractivity contribution is 5.85. The fraction of sp³-hybridized carbons (Fsp3) is 0. The minimum atomic E-state index is -1.18. The number of aromatic carboxylic acids is 1. The van der Waals surface area contributed by atoms with Crippen LogP contribution in [0.3, 0.4) is 0 Å². The second-order valence-electron chi connectivity index (χ2n) is 1.96. The highest BCUT2D eigenvalue weighted by atomic mass is 16.4. The molecule has 0 spiro atoms. The van der Waals surface area contributed by atoms with Crippen molar-refractivity contribution in [2.45, 2.75) is 0 Å². The molecule has 0 fully saturated rings. The first-order valence-corrected chi connectivity index (χ1v) is 2.83. The van der Waals surface area contributed by atoms with E-state index in [0.29, 0.717) is 0 Å². The Balaban J connectivity index is 3.26. The third-order valence-corrected chi connectivity index (χ3v) is 1.17. The van der Waals surface area contributed by atoms with Crippen LogP contribution in [0.5, 0.6) is 0 Å². The Kier molecular flexibility index (Phi) is 1.63. The van der Waals surface area contributed by atoms with E-state index >= 15 is 0 Å². The predicted molar refractivity (Wildman–Crippen MR) is 38.4 cm³/mol. The molecule has 0 amide bonds. The predicted octanol–water partition coefficient (Wildman–Crippen LogP) is -0.345. The smallest absolute Gasteiger partial charge is 0.352 e. The number of aromatic amines is 1. The lowest BCUT2D eigenvalue weighted by molar-refractivity contribution is 0.0690. The van der Waals surface area contributed by atoms with Crippen LogP contribution >= 0.6 is 0 Å². The molecule has 0 aliphatic heterocycles. The molecule has 58 valence electrons. The first-order chi connectivity index (χ1) is 5.11. The highest BCUT2D eigenvalue weighted by Gasteiger charge is 2.03. The van der Waals surface area contributed by atoms with Crippen LogP contribution in [0, 0.1) is 0 Å². The van der Waals surface area contributed by atoms with Gasteiger partial charge in [0, 0.05) is 0 Å². The number of nitrogens with two attached hydrogens (primary N) is 1. The summed E-state index contributed by atoms with van der Waals surface area (Å²) in [6.45, 7) is 0. The number of nitrogen functional groups attached to an aromatic ring is 1. The number of carboxylic acid groups (broad SMARTS) is 1. The van der Waals surface area contributed by atoms with Gasteiger partial charge in [0.2, 0.25) is 0 Å². The van der Waals surface area contributed by atoms with Gasteiger partial charge in [0.05, 0.1) is 5.69 Å². The molecule has 0 aliphatic rings. The quantitative estimate of drug-likeness (QED) is 0.515. The maximum Gasteiger partial charge on any atom is 0.352 e. The summed E-state index contributed by atoms with van der Waals surface area (Å²) in [4.78, 5) is 23.0. The summed E-state index contributed by atoms with van der Waals surface area (Å²) < 4.78 is 0. The van der Waals surface area contributed by atoms with Gasteiger partial charge in [-0.3, -0.25) is 4.79 Å². The molecule has 5 heteroatoms. The van der Waals surface area contributed by atoms with E-state index in [-0.39, 0.29) is 11.4 Å².